The first-order chi connectivity index (χ1) is 16.7. The van der Waals surface area contributed by atoms with Gasteiger partial charge in [-0.2, -0.15) is 18.3 Å². The first-order valence-corrected chi connectivity index (χ1v) is 11.6. The van der Waals surface area contributed by atoms with Gasteiger partial charge in [0.15, 0.2) is 11.5 Å². The molecule has 3 aromatic carbocycles. The third kappa shape index (κ3) is 7.76. The van der Waals surface area contributed by atoms with Crippen molar-refractivity contribution in [3.63, 3.8) is 0 Å². The number of nitrogens with zero attached hydrogens (tertiary/aromatic N) is 1. The molecule has 1 amide bonds. The molecule has 0 atom stereocenters. The van der Waals surface area contributed by atoms with Crippen LogP contribution in [0.3, 0.4) is 0 Å². The molecule has 0 aromatic heterocycles. The number of benzene rings is 3. The first kappa shape index (κ1) is 26.6. The van der Waals surface area contributed by atoms with Gasteiger partial charge in [-0.15, -0.1) is 0 Å². The number of rotatable bonds is 9. The quantitative estimate of drug-likeness (QED) is 0.173. The molecule has 0 fully saturated rings. The van der Waals surface area contributed by atoms with Crippen LogP contribution in [-0.2, 0) is 17.6 Å². The van der Waals surface area contributed by atoms with Gasteiger partial charge in [0.05, 0.1) is 29.0 Å². The van der Waals surface area contributed by atoms with Crippen molar-refractivity contribution < 1.29 is 27.4 Å². The number of ether oxygens (including phenoxy) is 2. The lowest BCUT2D eigenvalue weighted by Gasteiger charge is -2.14. The van der Waals surface area contributed by atoms with E-state index in [0.29, 0.717) is 22.1 Å². The van der Waals surface area contributed by atoms with Gasteiger partial charge in [0.2, 0.25) is 0 Å². The molecule has 0 unspecified atom stereocenters. The predicted octanol–water partition coefficient (Wildman–Crippen LogP) is 6.11. The minimum atomic E-state index is -4.46. The van der Waals surface area contributed by atoms with Crippen LogP contribution in [0.2, 0.25) is 5.02 Å². The van der Waals surface area contributed by atoms with Crippen molar-refractivity contribution >= 4 is 52.0 Å². The van der Waals surface area contributed by atoms with Crippen LogP contribution in [0.5, 0.6) is 11.5 Å². The number of nitrogens with one attached hydrogen (secondary N) is 2. The van der Waals surface area contributed by atoms with Crippen LogP contribution in [0.15, 0.2) is 65.8 Å². The van der Waals surface area contributed by atoms with Gasteiger partial charge in [0.1, 0.15) is 6.61 Å². The maximum atomic E-state index is 12.8. The van der Waals surface area contributed by atoms with E-state index in [9.17, 15) is 18.0 Å². The Labute approximate surface area is 218 Å². The predicted molar refractivity (Wildman–Crippen MR) is 137 cm³/mol. The van der Waals surface area contributed by atoms with Crippen LogP contribution in [-0.4, -0.2) is 25.8 Å². The highest BCUT2D eigenvalue weighted by molar-refractivity contribution is 14.1. The molecular formula is C24H20ClF3IN3O3. The van der Waals surface area contributed by atoms with Crippen molar-refractivity contribution in [2.45, 2.75) is 12.8 Å². The summed E-state index contributed by atoms with van der Waals surface area (Å²) in [6.07, 6.45) is -3.04. The fourth-order valence-corrected chi connectivity index (χ4v) is 3.90. The molecule has 0 aliphatic carbocycles. The molecule has 0 bridgehead atoms. The summed E-state index contributed by atoms with van der Waals surface area (Å²) in [5.41, 5.74) is 3.17. The summed E-state index contributed by atoms with van der Waals surface area (Å²) in [6.45, 7) is 0.00271. The average Bonchev–Trinajstić information content (AvgIpc) is 2.82. The fourth-order valence-electron chi connectivity index (χ4n) is 2.93. The molecule has 35 heavy (non-hydrogen) atoms. The Hall–Kier alpha value is -2.99. The lowest BCUT2D eigenvalue weighted by molar-refractivity contribution is -0.137. The van der Waals surface area contributed by atoms with Gasteiger partial charge in [0, 0.05) is 16.3 Å². The third-order valence-corrected chi connectivity index (χ3v) is 5.80. The number of carbonyl (C=O) groups is 1. The second-order valence-electron chi connectivity index (χ2n) is 7.14. The van der Waals surface area contributed by atoms with Gasteiger partial charge in [-0.25, -0.2) is 5.43 Å². The highest BCUT2D eigenvalue weighted by Gasteiger charge is 2.30. The highest BCUT2D eigenvalue weighted by atomic mass is 127. The molecule has 0 saturated carbocycles. The van der Waals surface area contributed by atoms with Crippen LogP contribution in [0.25, 0.3) is 0 Å². The first-order valence-electron chi connectivity index (χ1n) is 10.1. The maximum absolute atomic E-state index is 12.8. The van der Waals surface area contributed by atoms with E-state index in [1.54, 1.807) is 18.2 Å². The van der Waals surface area contributed by atoms with Crippen LogP contribution in [0, 0.1) is 3.57 Å². The molecule has 11 heteroatoms. The van der Waals surface area contributed by atoms with Gasteiger partial charge >= 0.3 is 6.18 Å². The molecule has 0 aliphatic heterocycles. The third-order valence-electron chi connectivity index (χ3n) is 4.63. The van der Waals surface area contributed by atoms with E-state index < -0.39 is 17.6 Å². The number of hydrogen-bond donors (Lipinski definition) is 2. The fraction of sp³-hybridized carbons (Fsp3) is 0.167. The van der Waals surface area contributed by atoms with Gasteiger partial charge in [0.25, 0.3) is 5.91 Å². The summed E-state index contributed by atoms with van der Waals surface area (Å²) >= 11 is 8.28. The lowest BCUT2D eigenvalue weighted by atomic mass is 10.2. The van der Waals surface area contributed by atoms with Crippen molar-refractivity contribution in [1.82, 2.24) is 5.43 Å². The lowest BCUT2D eigenvalue weighted by Crippen LogP contribution is -2.26. The topological polar surface area (TPSA) is 72.0 Å². The molecule has 3 rings (SSSR count). The van der Waals surface area contributed by atoms with E-state index in [1.807, 2.05) is 18.2 Å². The van der Waals surface area contributed by atoms with Gasteiger partial charge in [-0.05, 0) is 64.6 Å². The van der Waals surface area contributed by atoms with Crippen molar-refractivity contribution in [1.29, 1.82) is 0 Å². The smallest absolute Gasteiger partial charge is 0.416 e. The number of carbonyl (C=O) groups excluding carboxylic acids is 1. The van der Waals surface area contributed by atoms with Gasteiger partial charge in [-0.1, -0.05) is 35.9 Å². The summed E-state index contributed by atoms with van der Waals surface area (Å²) in [4.78, 5) is 12.0. The van der Waals surface area contributed by atoms with Gasteiger partial charge < -0.3 is 14.8 Å². The Balaban J connectivity index is 1.58. The Morgan fingerprint density at radius 2 is 1.91 bits per heavy atom. The van der Waals surface area contributed by atoms with E-state index in [1.165, 1.54) is 25.5 Å². The van der Waals surface area contributed by atoms with Crippen molar-refractivity contribution in [3.8, 4) is 11.5 Å². The molecule has 3 aromatic rings. The number of alkyl halides is 3. The van der Waals surface area contributed by atoms with E-state index in [-0.39, 0.29) is 18.8 Å². The number of halogens is 5. The minimum Gasteiger partial charge on any atom is -0.493 e. The second kappa shape index (κ2) is 12.1. The minimum absolute atomic E-state index is 0.172. The molecule has 2 N–H and O–H groups in total. The molecule has 0 heterocycles. The summed E-state index contributed by atoms with van der Waals surface area (Å²) in [6, 6.07) is 15.4. The largest absolute Gasteiger partial charge is 0.493 e. The van der Waals surface area contributed by atoms with Crippen LogP contribution >= 0.6 is 34.2 Å². The molecule has 0 spiro atoms. The standard InChI is InChI=1S/C24H20ClF3IN3O3/c1-34-21-10-15(9-20(29)23(21)35-14-16-5-2-3-8-19(16)25)12-31-32-22(33)13-30-18-7-4-6-17(11-18)24(26,27)28/h2-12,30H,13-14H2,1H3,(H,32,33)/b31-12-. The van der Waals surface area contributed by atoms with E-state index >= 15 is 0 Å². The Kier molecular flexibility index (Phi) is 9.21. The van der Waals surface area contributed by atoms with Crippen molar-refractivity contribution in [3.05, 3.63) is 85.9 Å². The normalized spacial score (nSPS) is 11.4. The maximum Gasteiger partial charge on any atom is 0.416 e. The molecule has 0 saturated heterocycles. The van der Waals surface area contributed by atoms with Crippen LogP contribution < -0.4 is 20.2 Å². The van der Waals surface area contributed by atoms with E-state index in [0.717, 1.165) is 21.3 Å². The van der Waals surface area contributed by atoms with E-state index in [4.69, 9.17) is 21.1 Å². The zero-order valence-corrected chi connectivity index (χ0v) is 21.2. The molecule has 184 valence electrons. The monoisotopic (exact) mass is 617 g/mol. The summed E-state index contributed by atoms with van der Waals surface area (Å²) in [5, 5.41) is 7.14. The van der Waals surface area contributed by atoms with Gasteiger partial charge in [-0.3, -0.25) is 4.79 Å². The highest BCUT2D eigenvalue weighted by Crippen LogP contribution is 2.34. The van der Waals surface area contributed by atoms with Crippen LogP contribution in [0.4, 0.5) is 18.9 Å². The number of methoxy groups -OCH3 is 1. The zero-order valence-electron chi connectivity index (χ0n) is 18.3. The average molecular weight is 618 g/mol. The summed E-state index contributed by atoms with van der Waals surface area (Å²) in [5.74, 6) is 0.488. The van der Waals surface area contributed by atoms with Crippen molar-refractivity contribution in [2.75, 3.05) is 19.0 Å². The number of amides is 1. The van der Waals surface area contributed by atoms with E-state index in [2.05, 4.69) is 38.4 Å². The zero-order chi connectivity index (χ0) is 25.4. The Bertz CT molecular complexity index is 1220. The van der Waals surface area contributed by atoms with Crippen molar-refractivity contribution in [2.24, 2.45) is 5.10 Å². The SMILES string of the molecule is COc1cc(/C=N\NC(=O)CNc2cccc(C(F)(F)F)c2)cc(I)c1OCc1ccccc1Cl. The second-order valence-corrected chi connectivity index (χ2v) is 8.71. The number of anilines is 1. The Morgan fingerprint density at radius 1 is 1.14 bits per heavy atom. The Morgan fingerprint density at radius 3 is 2.63 bits per heavy atom. The van der Waals surface area contributed by atoms with Crippen LogP contribution in [0.1, 0.15) is 16.7 Å². The number of hydrogen-bond acceptors (Lipinski definition) is 5. The molecule has 0 aliphatic rings. The summed E-state index contributed by atoms with van der Waals surface area (Å²) in [7, 11) is 1.51. The number of hydrazone groups is 1. The molecular weight excluding hydrogens is 598 g/mol. The molecule has 0 radical (unpaired) electrons. The summed E-state index contributed by atoms with van der Waals surface area (Å²) < 4.78 is 50.5. The molecule has 6 nitrogen and oxygen atoms in total.